The number of hydrogen-bond acceptors (Lipinski definition) is 5. The van der Waals surface area contributed by atoms with E-state index in [2.05, 4.69) is 10.6 Å². The van der Waals surface area contributed by atoms with Crippen molar-refractivity contribution in [3.05, 3.63) is 0 Å². The van der Waals surface area contributed by atoms with Crippen molar-refractivity contribution in [1.29, 1.82) is 0 Å². The molecule has 0 aliphatic rings. The number of methoxy groups -OCH3 is 2. The Morgan fingerprint density at radius 2 is 1.94 bits per heavy atom. The maximum absolute atomic E-state index is 11.3. The van der Waals surface area contributed by atoms with Gasteiger partial charge in [0.25, 0.3) is 0 Å². The van der Waals surface area contributed by atoms with Gasteiger partial charge in [0.1, 0.15) is 0 Å². The molecule has 0 aliphatic carbocycles. The summed E-state index contributed by atoms with van der Waals surface area (Å²) in [5, 5.41) is 22.7. The highest BCUT2D eigenvalue weighted by molar-refractivity contribution is 5.79. The standard InChI is InChI=1S/C10H20N2O6/c1-10(16,8(13)14)6-12-9(15)11-4-7(18-3)5-17-2/h7,16H,4-6H2,1-3H3,(H,13,14)(H2,11,12,15). The third-order valence-electron chi connectivity index (χ3n) is 2.23. The molecule has 0 radical (unpaired) electrons. The molecule has 2 unspecified atom stereocenters. The number of nitrogens with one attached hydrogen (secondary N) is 2. The molecule has 0 bridgehead atoms. The molecule has 0 saturated carbocycles. The van der Waals surface area contributed by atoms with Crippen LogP contribution in [-0.2, 0) is 14.3 Å². The highest BCUT2D eigenvalue weighted by Crippen LogP contribution is 2.00. The Kier molecular flexibility index (Phi) is 7.25. The number of ether oxygens (including phenoxy) is 2. The minimum Gasteiger partial charge on any atom is -0.479 e. The summed E-state index contributed by atoms with van der Waals surface area (Å²) in [5.41, 5.74) is -2.00. The lowest BCUT2D eigenvalue weighted by Gasteiger charge is -2.19. The maximum atomic E-state index is 11.3. The fourth-order valence-electron chi connectivity index (χ4n) is 0.993. The highest BCUT2D eigenvalue weighted by atomic mass is 16.5. The number of urea groups is 1. The third-order valence-corrected chi connectivity index (χ3v) is 2.23. The van der Waals surface area contributed by atoms with Crippen molar-refractivity contribution >= 4 is 12.0 Å². The van der Waals surface area contributed by atoms with Crippen molar-refractivity contribution in [3.8, 4) is 0 Å². The van der Waals surface area contributed by atoms with Crippen LogP contribution in [0.25, 0.3) is 0 Å². The molecule has 0 aliphatic heterocycles. The monoisotopic (exact) mass is 264 g/mol. The van der Waals surface area contributed by atoms with Crippen molar-refractivity contribution in [2.24, 2.45) is 0 Å². The van der Waals surface area contributed by atoms with Crippen LogP contribution in [0.2, 0.25) is 0 Å². The van der Waals surface area contributed by atoms with Gasteiger partial charge in [-0.3, -0.25) is 0 Å². The summed E-state index contributed by atoms with van der Waals surface area (Å²) in [5.74, 6) is -1.41. The van der Waals surface area contributed by atoms with Gasteiger partial charge in [-0.05, 0) is 6.92 Å². The number of amides is 2. The topological polar surface area (TPSA) is 117 Å². The number of carbonyl (C=O) groups is 2. The second-order valence-corrected chi connectivity index (χ2v) is 3.96. The van der Waals surface area contributed by atoms with Crippen LogP contribution < -0.4 is 10.6 Å². The average molecular weight is 264 g/mol. The Balaban J connectivity index is 3.95. The van der Waals surface area contributed by atoms with Crippen molar-refractivity contribution in [1.82, 2.24) is 10.6 Å². The number of carboxylic acid groups (broad SMARTS) is 1. The Morgan fingerprint density at radius 3 is 2.39 bits per heavy atom. The summed E-state index contributed by atoms with van der Waals surface area (Å²) in [6.45, 7) is 1.24. The molecule has 0 saturated heterocycles. The SMILES string of the molecule is COCC(CNC(=O)NCC(C)(O)C(=O)O)OC. The molecule has 0 aromatic rings. The van der Waals surface area contributed by atoms with Gasteiger partial charge in [-0.15, -0.1) is 0 Å². The Morgan fingerprint density at radius 1 is 1.33 bits per heavy atom. The molecule has 2 amide bonds. The van der Waals surface area contributed by atoms with Crippen molar-refractivity contribution in [3.63, 3.8) is 0 Å². The van der Waals surface area contributed by atoms with Crippen LogP contribution in [0.4, 0.5) is 4.79 Å². The van der Waals surface area contributed by atoms with E-state index in [-0.39, 0.29) is 12.6 Å². The predicted octanol–water partition coefficient (Wildman–Crippen LogP) is -1.22. The zero-order chi connectivity index (χ0) is 14.2. The molecule has 0 aromatic carbocycles. The van der Waals surface area contributed by atoms with E-state index in [1.54, 1.807) is 0 Å². The fourth-order valence-corrected chi connectivity index (χ4v) is 0.993. The lowest BCUT2D eigenvalue weighted by atomic mass is 10.1. The van der Waals surface area contributed by atoms with E-state index in [4.69, 9.17) is 14.6 Å². The number of carboxylic acids is 1. The normalized spacial score (nSPS) is 15.6. The summed E-state index contributed by atoms with van der Waals surface area (Å²) >= 11 is 0. The summed E-state index contributed by atoms with van der Waals surface area (Å²) in [6.07, 6.45) is -0.291. The van der Waals surface area contributed by atoms with Gasteiger partial charge >= 0.3 is 12.0 Å². The zero-order valence-electron chi connectivity index (χ0n) is 10.7. The number of hydrogen-bond donors (Lipinski definition) is 4. The molecule has 8 nitrogen and oxygen atoms in total. The van der Waals surface area contributed by atoms with E-state index in [0.717, 1.165) is 6.92 Å². The molecular formula is C10H20N2O6. The van der Waals surface area contributed by atoms with E-state index in [0.29, 0.717) is 6.61 Å². The fraction of sp³-hybridized carbons (Fsp3) is 0.800. The van der Waals surface area contributed by atoms with Gasteiger partial charge in [0, 0.05) is 20.8 Å². The average Bonchev–Trinajstić information content (AvgIpc) is 2.31. The molecule has 18 heavy (non-hydrogen) atoms. The summed E-state index contributed by atoms with van der Waals surface area (Å²) in [7, 11) is 2.99. The van der Waals surface area contributed by atoms with E-state index in [9.17, 15) is 14.7 Å². The van der Waals surface area contributed by atoms with Crippen molar-refractivity contribution in [2.75, 3.05) is 33.9 Å². The number of rotatable bonds is 8. The zero-order valence-corrected chi connectivity index (χ0v) is 10.7. The molecular weight excluding hydrogens is 244 g/mol. The van der Waals surface area contributed by atoms with Gasteiger partial charge in [-0.1, -0.05) is 0 Å². The molecule has 2 atom stereocenters. The first-order chi connectivity index (χ1) is 8.33. The Bertz CT molecular complexity index is 282. The Labute approximate surface area is 105 Å². The van der Waals surface area contributed by atoms with Crippen LogP contribution in [-0.4, -0.2) is 67.8 Å². The van der Waals surface area contributed by atoms with Crippen molar-refractivity contribution in [2.45, 2.75) is 18.6 Å². The van der Waals surface area contributed by atoms with Gasteiger partial charge < -0.3 is 30.3 Å². The molecule has 4 N–H and O–H groups in total. The molecule has 106 valence electrons. The minimum atomic E-state index is -2.00. The lowest BCUT2D eigenvalue weighted by Crippen LogP contribution is -2.50. The number of aliphatic carboxylic acids is 1. The highest BCUT2D eigenvalue weighted by Gasteiger charge is 2.30. The second-order valence-electron chi connectivity index (χ2n) is 3.96. The first-order valence-corrected chi connectivity index (χ1v) is 5.32. The molecule has 0 spiro atoms. The van der Waals surface area contributed by atoms with Gasteiger partial charge in [-0.25, -0.2) is 9.59 Å². The second kappa shape index (κ2) is 7.85. The summed E-state index contributed by atoms with van der Waals surface area (Å²) < 4.78 is 9.87. The largest absolute Gasteiger partial charge is 0.479 e. The van der Waals surface area contributed by atoms with Gasteiger partial charge in [-0.2, -0.15) is 0 Å². The Hall–Kier alpha value is -1.38. The molecule has 8 heteroatoms. The first kappa shape index (κ1) is 16.6. The van der Waals surface area contributed by atoms with Crippen LogP contribution >= 0.6 is 0 Å². The van der Waals surface area contributed by atoms with Crippen LogP contribution in [0.5, 0.6) is 0 Å². The maximum Gasteiger partial charge on any atom is 0.337 e. The lowest BCUT2D eigenvalue weighted by molar-refractivity contribution is -0.155. The third kappa shape index (κ3) is 6.38. The summed E-state index contributed by atoms with van der Waals surface area (Å²) in [4.78, 5) is 21.9. The number of aliphatic hydroxyl groups is 1. The van der Waals surface area contributed by atoms with Crippen molar-refractivity contribution < 1.29 is 29.3 Å². The van der Waals surface area contributed by atoms with Gasteiger partial charge in [0.05, 0.1) is 19.3 Å². The van der Waals surface area contributed by atoms with E-state index < -0.39 is 24.1 Å². The smallest absolute Gasteiger partial charge is 0.337 e. The first-order valence-electron chi connectivity index (χ1n) is 5.32. The molecule has 0 rings (SSSR count). The molecule has 0 fully saturated rings. The molecule has 0 aromatic heterocycles. The quantitative estimate of drug-likeness (QED) is 0.436. The van der Waals surface area contributed by atoms with Crippen LogP contribution in [0.3, 0.4) is 0 Å². The predicted molar refractivity (Wildman–Crippen MR) is 62.3 cm³/mol. The summed E-state index contributed by atoms with van der Waals surface area (Å²) in [6, 6.07) is -0.588. The van der Waals surface area contributed by atoms with Crippen LogP contribution in [0, 0.1) is 0 Å². The van der Waals surface area contributed by atoms with E-state index in [1.165, 1.54) is 14.2 Å². The minimum absolute atomic E-state index is 0.214. The van der Waals surface area contributed by atoms with Gasteiger partial charge in [0.2, 0.25) is 0 Å². The van der Waals surface area contributed by atoms with E-state index in [1.807, 2.05) is 0 Å². The van der Waals surface area contributed by atoms with E-state index >= 15 is 0 Å². The molecule has 0 heterocycles. The number of carbonyl (C=O) groups excluding carboxylic acids is 1. The van der Waals surface area contributed by atoms with Gasteiger partial charge in [0.15, 0.2) is 5.60 Å². The van der Waals surface area contributed by atoms with Crippen LogP contribution in [0.15, 0.2) is 0 Å². The van der Waals surface area contributed by atoms with Crippen LogP contribution in [0.1, 0.15) is 6.92 Å².